The minimum absolute atomic E-state index is 0.513. The summed E-state index contributed by atoms with van der Waals surface area (Å²) >= 11 is 7.47. The summed E-state index contributed by atoms with van der Waals surface area (Å²) in [5.74, 6) is 1.28. The number of rotatable bonds is 7. The Labute approximate surface area is 108 Å². The highest BCUT2D eigenvalue weighted by Gasteiger charge is 2.13. The predicted molar refractivity (Wildman–Crippen MR) is 73.6 cm³/mol. The molecule has 1 aromatic heterocycles. The second kappa shape index (κ2) is 7.13. The van der Waals surface area contributed by atoms with Gasteiger partial charge in [0, 0.05) is 18.5 Å². The van der Waals surface area contributed by atoms with Crippen LogP contribution in [0.4, 0.5) is 5.13 Å². The molecule has 0 atom stereocenters. The lowest BCUT2D eigenvalue weighted by Crippen LogP contribution is -2.28. The minimum Gasteiger partial charge on any atom is -0.348 e. The van der Waals surface area contributed by atoms with Crippen LogP contribution in [0.15, 0.2) is 5.38 Å². The fourth-order valence-corrected chi connectivity index (χ4v) is 2.83. The number of hydrogen-bond acceptors (Lipinski definition) is 3. The van der Waals surface area contributed by atoms with Crippen LogP contribution in [0.3, 0.4) is 0 Å². The van der Waals surface area contributed by atoms with Crippen molar-refractivity contribution in [3.63, 3.8) is 0 Å². The molecule has 1 heterocycles. The number of halogens is 1. The Kier molecular flexibility index (Phi) is 6.14. The molecule has 2 nitrogen and oxygen atoms in total. The van der Waals surface area contributed by atoms with E-state index in [0.717, 1.165) is 29.8 Å². The van der Waals surface area contributed by atoms with Crippen molar-refractivity contribution in [2.24, 2.45) is 5.92 Å². The molecule has 0 spiro atoms. The van der Waals surface area contributed by atoms with Crippen LogP contribution in [-0.4, -0.2) is 18.1 Å². The monoisotopic (exact) mass is 260 g/mol. The molecule has 0 amide bonds. The Morgan fingerprint density at radius 1 is 1.38 bits per heavy atom. The molecule has 0 aliphatic rings. The first-order valence-electron chi connectivity index (χ1n) is 6.00. The highest BCUT2D eigenvalue weighted by atomic mass is 35.5. The molecule has 0 aromatic carbocycles. The van der Waals surface area contributed by atoms with Crippen molar-refractivity contribution < 1.29 is 0 Å². The third kappa shape index (κ3) is 3.63. The SMILES string of the molecule is CCC(CC)CN(CC)c1nc(CCl)cs1. The van der Waals surface area contributed by atoms with Gasteiger partial charge in [-0.1, -0.05) is 26.7 Å². The van der Waals surface area contributed by atoms with Gasteiger partial charge in [0.25, 0.3) is 0 Å². The first-order chi connectivity index (χ1) is 7.74. The summed E-state index contributed by atoms with van der Waals surface area (Å²) in [6.07, 6.45) is 2.47. The molecule has 1 aromatic rings. The smallest absolute Gasteiger partial charge is 0.185 e. The molecule has 0 fully saturated rings. The molecular formula is C12H21ClN2S. The van der Waals surface area contributed by atoms with Crippen molar-refractivity contribution >= 4 is 28.1 Å². The average Bonchev–Trinajstić information content (AvgIpc) is 2.79. The van der Waals surface area contributed by atoms with Crippen molar-refractivity contribution in [2.75, 3.05) is 18.0 Å². The van der Waals surface area contributed by atoms with E-state index in [1.54, 1.807) is 11.3 Å². The maximum absolute atomic E-state index is 5.77. The fourth-order valence-electron chi connectivity index (χ4n) is 1.70. The van der Waals surface area contributed by atoms with E-state index in [9.17, 15) is 0 Å². The Morgan fingerprint density at radius 2 is 2.06 bits per heavy atom. The summed E-state index contributed by atoms with van der Waals surface area (Å²) in [5, 5.41) is 3.17. The summed E-state index contributed by atoms with van der Waals surface area (Å²) < 4.78 is 0. The lowest BCUT2D eigenvalue weighted by molar-refractivity contribution is 0.486. The molecule has 0 radical (unpaired) electrons. The van der Waals surface area contributed by atoms with Crippen LogP contribution >= 0.6 is 22.9 Å². The number of alkyl halides is 1. The molecule has 1 rings (SSSR count). The molecule has 0 saturated heterocycles. The van der Waals surface area contributed by atoms with Crippen LogP contribution in [0.5, 0.6) is 0 Å². The molecule has 0 N–H and O–H groups in total. The van der Waals surface area contributed by atoms with Gasteiger partial charge in [-0.25, -0.2) is 4.98 Å². The van der Waals surface area contributed by atoms with Crippen LogP contribution in [0, 0.1) is 5.92 Å². The quantitative estimate of drug-likeness (QED) is 0.685. The maximum atomic E-state index is 5.77. The average molecular weight is 261 g/mol. The Morgan fingerprint density at radius 3 is 2.50 bits per heavy atom. The van der Waals surface area contributed by atoms with Gasteiger partial charge in [0.2, 0.25) is 0 Å². The maximum Gasteiger partial charge on any atom is 0.185 e. The van der Waals surface area contributed by atoms with E-state index in [1.165, 1.54) is 12.8 Å². The summed E-state index contributed by atoms with van der Waals surface area (Å²) in [4.78, 5) is 6.89. The molecule has 0 aliphatic heterocycles. The van der Waals surface area contributed by atoms with Crippen molar-refractivity contribution in [1.82, 2.24) is 4.98 Å². The third-order valence-electron chi connectivity index (χ3n) is 2.96. The zero-order chi connectivity index (χ0) is 12.0. The standard InChI is InChI=1S/C12H21ClN2S/c1-4-10(5-2)8-15(6-3)12-14-11(7-13)9-16-12/h9-10H,4-8H2,1-3H3. The largest absolute Gasteiger partial charge is 0.348 e. The summed E-state index contributed by atoms with van der Waals surface area (Å²) in [5.41, 5.74) is 0.990. The van der Waals surface area contributed by atoms with E-state index in [0.29, 0.717) is 5.88 Å². The van der Waals surface area contributed by atoms with Gasteiger partial charge in [-0.3, -0.25) is 0 Å². The van der Waals surface area contributed by atoms with Gasteiger partial charge in [-0.15, -0.1) is 22.9 Å². The van der Waals surface area contributed by atoms with Crippen molar-refractivity contribution in [1.29, 1.82) is 0 Å². The predicted octanol–water partition coefficient (Wildman–Crippen LogP) is 4.14. The molecule has 0 aliphatic carbocycles. The summed E-state index contributed by atoms with van der Waals surface area (Å²) in [6.45, 7) is 8.83. The van der Waals surface area contributed by atoms with Gasteiger partial charge >= 0.3 is 0 Å². The second-order valence-electron chi connectivity index (χ2n) is 3.98. The van der Waals surface area contributed by atoms with Crippen LogP contribution in [0.25, 0.3) is 0 Å². The Hall–Kier alpha value is -0.280. The zero-order valence-corrected chi connectivity index (χ0v) is 11.9. The van der Waals surface area contributed by atoms with Crippen molar-refractivity contribution in [3.8, 4) is 0 Å². The van der Waals surface area contributed by atoms with Gasteiger partial charge in [-0.05, 0) is 12.8 Å². The molecule has 0 bridgehead atoms. The van der Waals surface area contributed by atoms with Gasteiger partial charge in [0.15, 0.2) is 5.13 Å². The van der Waals surface area contributed by atoms with E-state index >= 15 is 0 Å². The number of nitrogens with zero attached hydrogens (tertiary/aromatic N) is 2. The van der Waals surface area contributed by atoms with Crippen molar-refractivity contribution in [2.45, 2.75) is 39.5 Å². The number of hydrogen-bond donors (Lipinski definition) is 0. The summed E-state index contributed by atoms with van der Waals surface area (Å²) in [7, 11) is 0. The molecule has 4 heteroatoms. The lowest BCUT2D eigenvalue weighted by Gasteiger charge is -2.24. The van der Waals surface area contributed by atoms with E-state index in [1.807, 2.05) is 0 Å². The van der Waals surface area contributed by atoms with Gasteiger partial charge in [0.1, 0.15) is 0 Å². The first-order valence-corrected chi connectivity index (χ1v) is 7.41. The number of anilines is 1. The lowest BCUT2D eigenvalue weighted by atomic mass is 10.0. The first kappa shape index (κ1) is 13.8. The topological polar surface area (TPSA) is 16.1 Å². The number of aromatic nitrogens is 1. The third-order valence-corrected chi connectivity index (χ3v) is 4.19. The molecule has 0 unspecified atom stereocenters. The van der Waals surface area contributed by atoms with Crippen LogP contribution in [-0.2, 0) is 5.88 Å². The van der Waals surface area contributed by atoms with Crippen molar-refractivity contribution in [3.05, 3.63) is 11.1 Å². The zero-order valence-electron chi connectivity index (χ0n) is 10.4. The van der Waals surface area contributed by atoms with Crippen LogP contribution < -0.4 is 4.90 Å². The van der Waals surface area contributed by atoms with E-state index in [4.69, 9.17) is 11.6 Å². The molecular weight excluding hydrogens is 240 g/mol. The van der Waals surface area contributed by atoms with E-state index in [2.05, 4.69) is 36.0 Å². The van der Waals surface area contributed by atoms with E-state index in [-0.39, 0.29) is 0 Å². The Balaban J connectivity index is 2.66. The van der Waals surface area contributed by atoms with Gasteiger partial charge < -0.3 is 4.90 Å². The summed E-state index contributed by atoms with van der Waals surface area (Å²) in [6, 6.07) is 0. The van der Waals surface area contributed by atoms with Crippen LogP contribution in [0.1, 0.15) is 39.3 Å². The number of thiazole rings is 1. The minimum atomic E-state index is 0.513. The normalized spacial score (nSPS) is 11.1. The van der Waals surface area contributed by atoms with Gasteiger partial charge in [-0.2, -0.15) is 0 Å². The molecule has 16 heavy (non-hydrogen) atoms. The highest BCUT2D eigenvalue weighted by Crippen LogP contribution is 2.23. The van der Waals surface area contributed by atoms with E-state index < -0.39 is 0 Å². The molecule has 0 saturated carbocycles. The van der Waals surface area contributed by atoms with Gasteiger partial charge in [0.05, 0.1) is 11.6 Å². The second-order valence-corrected chi connectivity index (χ2v) is 5.08. The molecule has 92 valence electrons. The highest BCUT2D eigenvalue weighted by molar-refractivity contribution is 7.13. The Bertz CT molecular complexity index is 297. The van der Waals surface area contributed by atoms with Crippen LogP contribution in [0.2, 0.25) is 0 Å². The fraction of sp³-hybridized carbons (Fsp3) is 0.750.